The Balaban J connectivity index is 1.94. The van der Waals surface area contributed by atoms with E-state index in [0.717, 1.165) is 26.8 Å². The second-order valence-corrected chi connectivity index (χ2v) is 10.7. The molecule has 11 heteroatoms. The molecular formula is C33H31F5N2O4. The molecule has 0 saturated carbocycles. The van der Waals surface area contributed by atoms with Crippen LogP contribution >= 0.6 is 0 Å². The van der Waals surface area contributed by atoms with Crippen LogP contribution in [0.15, 0.2) is 76.3 Å². The van der Waals surface area contributed by atoms with E-state index in [4.69, 9.17) is 5.11 Å². The molecule has 3 aromatic carbocycles. The van der Waals surface area contributed by atoms with E-state index >= 15 is 4.39 Å². The number of alkyl halides is 3. The molecule has 4 rings (SSSR count). The smallest absolute Gasteiger partial charge is 0.416 e. The van der Waals surface area contributed by atoms with E-state index in [1.165, 1.54) is 32.0 Å². The zero-order chi connectivity index (χ0) is 32.2. The van der Waals surface area contributed by atoms with Crippen LogP contribution in [0.2, 0.25) is 0 Å². The Morgan fingerprint density at radius 3 is 2.23 bits per heavy atom. The molecule has 0 amide bonds. The summed E-state index contributed by atoms with van der Waals surface area (Å²) in [5, 5.41) is 9.03. The maximum absolute atomic E-state index is 15.4. The average Bonchev–Trinajstić information content (AvgIpc) is 2.97. The number of aromatic nitrogens is 2. The monoisotopic (exact) mass is 614 g/mol. The van der Waals surface area contributed by atoms with Gasteiger partial charge in [0.15, 0.2) is 0 Å². The lowest BCUT2D eigenvalue weighted by molar-refractivity contribution is -0.139. The lowest BCUT2D eigenvalue weighted by Crippen LogP contribution is -2.43. The molecule has 0 fully saturated rings. The number of nitrogens with zero attached hydrogens (tertiary/aromatic N) is 2. The number of carboxylic acids is 1. The summed E-state index contributed by atoms with van der Waals surface area (Å²) in [5.74, 6) is -3.36. The van der Waals surface area contributed by atoms with Crippen molar-refractivity contribution in [3.05, 3.63) is 127 Å². The summed E-state index contributed by atoms with van der Waals surface area (Å²) in [4.78, 5) is 39.0. The Kier molecular flexibility index (Phi) is 9.86. The fourth-order valence-corrected chi connectivity index (χ4v) is 5.42. The predicted molar refractivity (Wildman–Crippen MR) is 156 cm³/mol. The second kappa shape index (κ2) is 13.4. The van der Waals surface area contributed by atoms with Crippen LogP contribution < -0.4 is 11.2 Å². The van der Waals surface area contributed by atoms with Crippen LogP contribution in [0.1, 0.15) is 59.5 Å². The Morgan fingerprint density at radius 2 is 1.57 bits per heavy atom. The van der Waals surface area contributed by atoms with Crippen LogP contribution in [0, 0.1) is 25.5 Å². The van der Waals surface area contributed by atoms with Gasteiger partial charge in [-0.05, 0) is 49.9 Å². The zero-order valence-corrected chi connectivity index (χ0v) is 24.1. The third-order valence-electron chi connectivity index (χ3n) is 7.76. The van der Waals surface area contributed by atoms with Crippen LogP contribution in [-0.2, 0) is 24.1 Å². The molecule has 4 aromatic rings. The molecule has 232 valence electrons. The number of hydrogen-bond acceptors (Lipinski definition) is 3. The molecule has 0 aliphatic carbocycles. The number of carbonyl (C=O) groups is 1. The van der Waals surface area contributed by atoms with Gasteiger partial charge in [0.1, 0.15) is 11.6 Å². The summed E-state index contributed by atoms with van der Waals surface area (Å²) < 4.78 is 73.7. The molecule has 0 aliphatic rings. The SMILES string of the molecule is Cc1cccc(-c2c(C)n(Cc3c(F)cccc3C(F)(F)F)c(=O)n(CC(CCCCC(=O)O)c3ccccc3)c2=O)c1F. The maximum atomic E-state index is 15.4. The van der Waals surface area contributed by atoms with Crippen LogP contribution in [0.3, 0.4) is 0 Å². The van der Waals surface area contributed by atoms with Gasteiger partial charge in [-0.1, -0.05) is 61.0 Å². The Hall–Kier alpha value is -4.54. The molecule has 44 heavy (non-hydrogen) atoms. The van der Waals surface area contributed by atoms with Crippen molar-refractivity contribution in [2.45, 2.75) is 64.7 Å². The number of aliphatic carboxylic acids is 1. The number of carboxylic acid groups (broad SMARTS) is 1. The first-order valence-electron chi connectivity index (χ1n) is 14.0. The van der Waals surface area contributed by atoms with E-state index in [2.05, 4.69) is 0 Å². The minimum Gasteiger partial charge on any atom is -0.481 e. The first-order valence-corrected chi connectivity index (χ1v) is 14.0. The van der Waals surface area contributed by atoms with E-state index in [0.29, 0.717) is 25.3 Å². The van der Waals surface area contributed by atoms with Crippen LogP contribution in [0.4, 0.5) is 22.0 Å². The summed E-state index contributed by atoms with van der Waals surface area (Å²) >= 11 is 0. The second-order valence-electron chi connectivity index (χ2n) is 10.7. The van der Waals surface area contributed by atoms with Crippen LogP contribution in [0.5, 0.6) is 0 Å². The van der Waals surface area contributed by atoms with E-state index in [-0.39, 0.29) is 35.3 Å². The van der Waals surface area contributed by atoms with E-state index in [1.54, 1.807) is 30.3 Å². The molecule has 0 aliphatic heterocycles. The highest BCUT2D eigenvalue weighted by Crippen LogP contribution is 2.34. The molecule has 0 saturated heterocycles. The molecular weight excluding hydrogens is 583 g/mol. The Bertz CT molecular complexity index is 1780. The highest BCUT2D eigenvalue weighted by atomic mass is 19.4. The van der Waals surface area contributed by atoms with Crippen molar-refractivity contribution in [1.29, 1.82) is 0 Å². The van der Waals surface area contributed by atoms with Crippen molar-refractivity contribution in [1.82, 2.24) is 9.13 Å². The van der Waals surface area contributed by atoms with Crippen molar-refractivity contribution in [2.24, 2.45) is 0 Å². The van der Waals surface area contributed by atoms with E-state index in [1.807, 2.05) is 0 Å². The molecule has 0 bridgehead atoms. The van der Waals surface area contributed by atoms with E-state index in [9.17, 15) is 31.9 Å². The molecule has 1 heterocycles. The number of rotatable bonds is 11. The summed E-state index contributed by atoms with van der Waals surface area (Å²) in [6, 6.07) is 15.7. The number of benzene rings is 3. The summed E-state index contributed by atoms with van der Waals surface area (Å²) in [6.45, 7) is 1.72. The molecule has 0 radical (unpaired) electrons. The first kappa shape index (κ1) is 32.4. The molecule has 1 atom stereocenters. The lowest BCUT2D eigenvalue weighted by atomic mass is 9.92. The van der Waals surface area contributed by atoms with Gasteiger partial charge in [-0.3, -0.25) is 18.7 Å². The van der Waals surface area contributed by atoms with Gasteiger partial charge in [0.25, 0.3) is 5.56 Å². The third kappa shape index (κ3) is 6.98. The maximum Gasteiger partial charge on any atom is 0.416 e. The largest absolute Gasteiger partial charge is 0.481 e. The van der Waals surface area contributed by atoms with Crippen molar-refractivity contribution in [3.8, 4) is 11.1 Å². The number of aryl methyl sites for hydroxylation is 1. The van der Waals surface area contributed by atoms with Crippen molar-refractivity contribution in [3.63, 3.8) is 0 Å². The molecule has 1 unspecified atom stereocenters. The topological polar surface area (TPSA) is 81.3 Å². The van der Waals surface area contributed by atoms with Crippen molar-refractivity contribution < 1.29 is 31.9 Å². The predicted octanol–water partition coefficient (Wildman–Crippen LogP) is 7.07. The minimum absolute atomic E-state index is 0.0697. The van der Waals surface area contributed by atoms with Gasteiger partial charge in [-0.25, -0.2) is 13.6 Å². The van der Waals surface area contributed by atoms with Crippen LogP contribution in [-0.4, -0.2) is 20.2 Å². The highest BCUT2D eigenvalue weighted by Gasteiger charge is 2.35. The fraction of sp³-hybridized carbons (Fsp3) is 0.303. The van der Waals surface area contributed by atoms with Gasteiger partial charge in [0.2, 0.25) is 0 Å². The number of halogens is 5. The quantitative estimate of drug-likeness (QED) is 0.145. The number of hydrogen-bond donors (Lipinski definition) is 1. The Labute approximate surface area is 250 Å². The standard InChI is InChI=1S/C33H31F5N2O4/c1-20-10-8-14-24(30(20)35)29-21(2)39(19-25-26(33(36,37)38)15-9-16-27(25)34)32(44)40(31(29)43)18-23(13-6-7-17-28(41)42)22-11-4-3-5-12-22/h3-5,8-12,14-16,23H,6-7,13,17-19H2,1-2H3,(H,41,42). The summed E-state index contributed by atoms with van der Waals surface area (Å²) in [6.07, 6.45) is -3.82. The number of unbranched alkanes of at least 4 members (excludes halogenated alkanes) is 1. The van der Waals surface area contributed by atoms with Gasteiger partial charge in [-0.15, -0.1) is 0 Å². The first-order chi connectivity index (χ1) is 20.8. The highest BCUT2D eigenvalue weighted by molar-refractivity contribution is 5.67. The van der Waals surface area contributed by atoms with Crippen LogP contribution in [0.25, 0.3) is 11.1 Å². The van der Waals surface area contributed by atoms with Gasteiger partial charge in [0.05, 0.1) is 17.7 Å². The fourth-order valence-electron chi connectivity index (χ4n) is 5.42. The van der Waals surface area contributed by atoms with Gasteiger partial charge < -0.3 is 5.11 Å². The molecule has 1 N–H and O–H groups in total. The van der Waals surface area contributed by atoms with Gasteiger partial charge in [-0.2, -0.15) is 13.2 Å². The molecule has 0 spiro atoms. The van der Waals surface area contributed by atoms with Gasteiger partial charge in [0, 0.05) is 35.7 Å². The summed E-state index contributed by atoms with van der Waals surface area (Å²) in [5.41, 5.74) is -3.42. The zero-order valence-electron chi connectivity index (χ0n) is 24.1. The van der Waals surface area contributed by atoms with Crippen molar-refractivity contribution in [2.75, 3.05) is 0 Å². The minimum atomic E-state index is -4.93. The lowest BCUT2D eigenvalue weighted by Gasteiger charge is -2.23. The van der Waals surface area contributed by atoms with Gasteiger partial charge >= 0.3 is 17.8 Å². The normalized spacial score (nSPS) is 12.3. The Morgan fingerprint density at radius 1 is 0.886 bits per heavy atom. The average molecular weight is 615 g/mol. The molecule has 1 aromatic heterocycles. The van der Waals surface area contributed by atoms with E-state index < -0.39 is 58.6 Å². The molecule has 6 nitrogen and oxygen atoms in total. The van der Waals surface area contributed by atoms with Crippen molar-refractivity contribution >= 4 is 5.97 Å². The summed E-state index contributed by atoms with van der Waals surface area (Å²) in [7, 11) is 0. The third-order valence-corrected chi connectivity index (χ3v) is 7.76.